The lowest BCUT2D eigenvalue weighted by molar-refractivity contribution is 1.23. The van der Waals surface area contributed by atoms with Crippen molar-refractivity contribution in [2.75, 3.05) is 7.05 Å². The van der Waals surface area contributed by atoms with Gasteiger partial charge < -0.3 is 4.99 Å². The topological polar surface area (TPSA) is 24.7 Å². The van der Waals surface area contributed by atoms with E-state index < -0.39 is 0 Å². The number of terminal acetylenes is 1. The Morgan fingerprint density at radius 2 is 2.42 bits per heavy atom. The van der Waals surface area contributed by atoms with Crippen LogP contribution >= 0.6 is 0 Å². The molecule has 12 heavy (non-hydrogen) atoms. The number of nitrogens with zero attached hydrogens (tertiary/aromatic N) is 2. The smallest absolute Gasteiger partial charge is 0.0449 e. The van der Waals surface area contributed by atoms with Gasteiger partial charge in [0, 0.05) is 25.4 Å². The zero-order valence-electron chi connectivity index (χ0n) is 7.20. The van der Waals surface area contributed by atoms with Gasteiger partial charge in [-0.1, -0.05) is 12.0 Å². The molecule has 2 nitrogen and oxygen atoms in total. The van der Waals surface area contributed by atoms with Gasteiger partial charge in [-0.25, -0.2) is 0 Å². The summed E-state index contributed by atoms with van der Waals surface area (Å²) in [7, 11) is 1.72. The number of allylic oxidation sites excluding steroid dienone is 4. The largest absolute Gasteiger partial charge is 0.300 e. The first-order chi connectivity index (χ1) is 5.85. The third kappa shape index (κ3) is 5.19. The van der Waals surface area contributed by atoms with Crippen LogP contribution in [0.15, 0.2) is 33.9 Å². The van der Waals surface area contributed by atoms with Gasteiger partial charge in [-0.15, -0.1) is 6.42 Å². The van der Waals surface area contributed by atoms with Gasteiger partial charge in [0.1, 0.15) is 0 Å². The minimum atomic E-state index is 0.689. The Balaban J connectivity index is 4.15. The molecule has 0 saturated heterocycles. The molecule has 0 aliphatic rings. The maximum atomic E-state index is 5.02. The van der Waals surface area contributed by atoms with Crippen LogP contribution in [0.1, 0.15) is 6.42 Å². The summed E-state index contributed by atoms with van der Waals surface area (Å²) < 4.78 is 0. The van der Waals surface area contributed by atoms with Crippen molar-refractivity contribution in [2.45, 2.75) is 6.42 Å². The molecule has 0 bridgehead atoms. The molecule has 0 unspecified atom stereocenters. The average Bonchev–Trinajstić information content (AvgIpc) is 2.11. The van der Waals surface area contributed by atoms with Crippen LogP contribution < -0.4 is 0 Å². The van der Waals surface area contributed by atoms with Crippen LogP contribution in [0.3, 0.4) is 0 Å². The average molecular weight is 160 g/mol. The fourth-order valence-electron chi connectivity index (χ4n) is 0.585. The van der Waals surface area contributed by atoms with E-state index in [2.05, 4.69) is 22.6 Å². The number of hydrogen-bond acceptors (Lipinski definition) is 2. The van der Waals surface area contributed by atoms with Crippen LogP contribution in [0.2, 0.25) is 0 Å². The van der Waals surface area contributed by atoms with E-state index in [9.17, 15) is 0 Å². The van der Waals surface area contributed by atoms with E-state index in [1.165, 1.54) is 0 Å². The van der Waals surface area contributed by atoms with E-state index in [1.807, 2.05) is 6.08 Å². The zero-order chi connectivity index (χ0) is 9.23. The summed E-state index contributed by atoms with van der Waals surface area (Å²) in [6.45, 7) is 3.43. The van der Waals surface area contributed by atoms with Gasteiger partial charge in [0.2, 0.25) is 0 Å². The van der Waals surface area contributed by atoms with E-state index in [0.29, 0.717) is 6.42 Å². The molecule has 0 heterocycles. The lowest BCUT2D eigenvalue weighted by Crippen LogP contribution is -1.79. The second-order valence-electron chi connectivity index (χ2n) is 1.99. The molecule has 0 aliphatic carbocycles. The monoisotopic (exact) mass is 160 g/mol. The van der Waals surface area contributed by atoms with Crippen molar-refractivity contribution in [3.05, 3.63) is 23.9 Å². The molecule has 0 fully saturated rings. The lowest BCUT2D eigenvalue weighted by atomic mass is 10.3. The first-order valence-electron chi connectivity index (χ1n) is 3.54. The van der Waals surface area contributed by atoms with Crippen molar-refractivity contribution in [3.8, 4) is 12.3 Å². The van der Waals surface area contributed by atoms with Gasteiger partial charge in [-0.05, 0) is 18.9 Å². The highest BCUT2D eigenvalue weighted by atomic mass is 14.7. The van der Waals surface area contributed by atoms with E-state index in [0.717, 1.165) is 5.70 Å². The predicted molar refractivity (Wildman–Crippen MR) is 54.6 cm³/mol. The Morgan fingerprint density at radius 3 is 2.92 bits per heavy atom. The second kappa shape index (κ2) is 7.49. The van der Waals surface area contributed by atoms with E-state index >= 15 is 0 Å². The SMILES string of the molecule is C#C/C=C\C=C(/CC=NC)N=C. The molecular formula is C10H12N2. The summed E-state index contributed by atoms with van der Waals surface area (Å²) in [6.07, 6.45) is 12.7. The van der Waals surface area contributed by atoms with E-state index in [-0.39, 0.29) is 0 Å². The maximum absolute atomic E-state index is 5.02. The standard InChI is InChI=1S/C10H12N2/c1-4-5-6-7-10(12-3)8-9-11-2/h1,5-7,9H,3,8H2,2H3/b6-5-,10-7+,11-9?. The van der Waals surface area contributed by atoms with Crippen LogP contribution in [-0.2, 0) is 0 Å². The van der Waals surface area contributed by atoms with Crippen LogP contribution in [0, 0.1) is 12.3 Å². The van der Waals surface area contributed by atoms with Crippen molar-refractivity contribution < 1.29 is 0 Å². The molecule has 0 N–H and O–H groups in total. The normalized spacial score (nSPS) is 12.2. The Kier molecular flexibility index (Phi) is 6.48. The number of aliphatic imine (C=N–C) groups is 2. The van der Waals surface area contributed by atoms with Gasteiger partial charge in [0.05, 0.1) is 0 Å². The quantitative estimate of drug-likeness (QED) is 0.340. The van der Waals surface area contributed by atoms with Crippen molar-refractivity contribution in [2.24, 2.45) is 9.98 Å². The summed E-state index contributed by atoms with van der Waals surface area (Å²) in [5.41, 5.74) is 0.854. The molecule has 0 aromatic heterocycles. The molecule has 0 rings (SSSR count). The molecule has 0 amide bonds. The second-order valence-corrected chi connectivity index (χ2v) is 1.99. The van der Waals surface area contributed by atoms with Crippen molar-refractivity contribution in [3.63, 3.8) is 0 Å². The number of hydrogen-bond donors (Lipinski definition) is 0. The van der Waals surface area contributed by atoms with Crippen molar-refractivity contribution >= 4 is 12.9 Å². The minimum Gasteiger partial charge on any atom is -0.300 e. The molecule has 0 aromatic carbocycles. The van der Waals surface area contributed by atoms with Gasteiger partial charge >= 0.3 is 0 Å². The lowest BCUT2D eigenvalue weighted by Gasteiger charge is -1.91. The Hall–Kier alpha value is -1.62. The highest BCUT2D eigenvalue weighted by molar-refractivity contribution is 5.61. The summed E-state index contributed by atoms with van der Waals surface area (Å²) >= 11 is 0. The van der Waals surface area contributed by atoms with Crippen LogP contribution in [0.25, 0.3) is 0 Å². The highest BCUT2D eigenvalue weighted by Gasteiger charge is 1.85. The summed E-state index contributed by atoms with van der Waals surface area (Å²) in [6, 6.07) is 0. The maximum Gasteiger partial charge on any atom is 0.0449 e. The van der Waals surface area contributed by atoms with Crippen molar-refractivity contribution in [1.82, 2.24) is 0 Å². The first kappa shape index (κ1) is 10.4. The van der Waals surface area contributed by atoms with Crippen molar-refractivity contribution in [1.29, 1.82) is 0 Å². The summed E-state index contributed by atoms with van der Waals surface area (Å²) in [4.78, 5) is 7.63. The molecule has 0 spiro atoms. The van der Waals surface area contributed by atoms with Gasteiger partial charge in [-0.3, -0.25) is 4.99 Å². The fourth-order valence-corrected chi connectivity index (χ4v) is 0.585. The third-order valence-electron chi connectivity index (χ3n) is 1.17. The fraction of sp³-hybridized carbons (Fsp3) is 0.200. The first-order valence-corrected chi connectivity index (χ1v) is 3.54. The highest BCUT2D eigenvalue weighted by Crippen LogP contribution is 1.99. The number of rotatable bonds is 4. The van der Waals surface area contributed by atoms with Crippen LogP contribution in [-0.4, -0.2) is 20.0 Å². The molecule has 0 saturated carbocycles. The molecule has 2 heteroatoms. The Labute approximate surface area is 73.4 Å². The minimum absolute atomic E-state index is 0.689. The third-order valence-corrected chi connectivity index (χ3v) is 1.17. The molecular weight excluding hydrogens is 148 g/mol. The van der Waals surface area contributed by atoms with Crippen LogP contribution in [0.4, 0.5) is 0 Å². The molecule has 62 valence electrons. The van der Waals surface area contributed by atoms with Crippen LogP contribution in [0.5, 0.6) is 0 Å². The molecule has 0 radical (unpaired) electrons. The molecule has 0 aliphatic heterocycles. The zero-order valence-corrected chi connectivity index (χ0v) is 7.20. The predicted octanol–water partition coefficient (Wildman–Crippen LogP) is 1.85. The Morgan fingerprint density at radius 1 is 1.67 bits per heavy atom. The molecule has 0 aromatic rings. The van der Waals surface area contributed by atoms with Gasteiger partial charge in [0.15, 0.2) is 0 Å². The summed E-state index contributed by atoms with van der Waals surface area (Å²) in [5, 5.41) is 0. The Bertz CT molecular complexity index is 252. The van der Waals surface area contributed by atoms with E-state index in [4.69, 9.17) is 6.42 Å². The summed E-state index contributed by atoms with van der Waals surface area (Å²) in [5.74, 6) is 2.38. The van der Waals surface area contributed by atoms with Gasteiger partial charge in [0.25, 0.3) is 0 Å². The molecule has 0 atom stereocenters. The van der Waals surface area contributed by atoms with Gasteiger partial charge in [-0.2, -0.15) is 0 Å². The van der Waals surface area contributed by atoms with E-state index in [1.54, 1.807) is 25.4 Å².